The molecule has 0 radical (unpaired) electrons. The number of benzene rings is 2. The van der Waals surface area contributed by atoms with Crippen LogP contribution in [0, 0.1) is 0 Å². The van der Waals surface area contributed by atoms with Gasteiger partial charge in [-0.25, -0.2) is 0 Å². The Bertz CT molecular complexity index is 1010. The van der Waals surface area contributed by atoms with Gasteiger partial charge < -0.3 is 33.9 Å². The van der Waals surface area contributed by atoms with E-state index in [0.29, 0.717) is 54.9 Å². The molecule has 0 unspecified atom stereocenters. The van der Waals surface area contributed by atoms with E-state index in [0.717, 1.165) is 12.0 Å². The van der Waals surface area contributed by atoms with E-state index in [-0.39, 0.29) is 30.4 Å². The first-order valence-corrected chi connectivity index (χ1v) is 11.2. The van der Waals surface area contributed by atoms with Crippen molar-refractivity contribution in [1.82, 2.24) is 4.90 Å². The lowest BCUT2D eigenvalue weighted by molar-refractivity contribution is -0.131. The van der Waals surface area contributed by atoms with Crippen molar-refractivity contribution in [3.63, 3.8) is 0 Å². The zero-order valence-corrected chi connectivity index (χ0v) is 19.7. The number of methoxy groups -OCH3 is 3. The number of rotatable bonds is 9. The second-order valence-electron chi connectivity index (χ2n) is 8.34. The topological polar surface area (TPSA) is 95.6 Å². The van der Waals surface area contributed by atoms with Gasteiger partial charge in [0.15, 0.2) is 11.5 Å². The van der Waals surface area contributed by atoms with Gasteiger partial charge in [0.1, 0.15) is 17.6 Å². The molecule has 0 aromatic heterocycles. The number of hydrogen-bond acceptors (Lipinski definition) is 7. The van der Waals surface area contributed by atoms with Gasteiger partial charge in [-0.2, -0.15) is 0 Å². The quantitative estimate of drug-likeness (QED) is 0.602. The third-order valence-corrected chi connectivity index (χ3v) is 6.02. The third kappa shape index (κ3) is 5.53. The van der Waals surface area contributed by atoms with Crippen LogP contribution >= 0.6 is 0 Å². The minimum atomic E-state index is -0.288. The maximum Gasteiger partial charge on any atom is 0.244 e. The van der Waals surface area contributed by atoms with Crippen molar-refractivity contribution >= 4 is 17.5 Å². The Kier molecular flexibility index (Phi) is 7.42. The second-order valence-corrected chi connectivity index (χ2v) is 8.34. The van der Waals surface area contributed by atoms with Crippen LogP contribution in [0.3, 0.4) is 0 Å². The number of ether oxygens (including phenoxy) is 5. The molecule has 2 fully saturated rings. The number of carbonyl (C=O) groups excluding carboxylic acids is 2. The number of nitrogens with zero attached hydrogens (tertiary/aromatic N) is 1. The first kappa shape index (κ1) is 23.7. The summed E-state index contributed by atoms with van der Waals surface area (Å²) in [6.07, 6.45) is 1.15. The maximum atomic E-state index is 12.7. The van der Waals surface area contributed by atoms with E-state index in [1.165, 1.54) is 0 Å². The van der Waals surface area contributed by atoms with E-state index in [4.69, 9.17) is 23.7 Å². The molecular weight excluding hydrogens is 440 g/mol. The second kappa shape index (κ2) is 10.6. The van der Waals surface area contributed by atoms with E-state index in [2.05, 4.69) is 5.32 Å². The molecule has 2 aliphatic heterocycles. The number of carbonyl (C=O) groups is 2. The van der Waals surface area contributed by atoms with Gasteiger partial charge in [0.2, 0.25) is 11.8 Å². The number of amides is 2. The van der Waals surface area contributed by atoms with Crippen molar-refractivity contribution < 1.29 is 33.3 Å². The molecule has 2 aromatic rings. The van der Waals surface area contributed by atoms with Gasteiger partial charge in [0, 0.05) is 49.2 Å². The Hall–Kier alpha value is -3.46. The lowest BCUT2D eigenvalue weighted by atomic mass is 9.98. The van der Waals surface area contributed by atoms with Crippen LogP contribution in [0.5, 0.6) is 23.0 Å². The van der Waals surface area contributed by atoms with Crippen molar-refractivity contribution in [2.45, 2.75) is 24.9 Å². The normalized spacial score (nSPS) is 19.7. The standard InChI is InChI=1S/C25H30N2O7/c1-30-20-10-18(11-21(12-20)31-2)26-24(28)14-27-13-17(9-25(27)29)16-4-5-22(32-3)23(8-16)34-19-6-7-33-15-19/h4-5,8,10-12,17,19H,6-7,9,13-15H2,1-3H3,(H,26,28)/t17-,19-/m1/s1. The largest absolute Gasteiger partial charge is 0.497 e. The lowest BCUT2D eigenvalue weighted by Crippen LogP contribution is -2.34. The Labute approximate surface area is 198 Å². The molecule has 34 heavy (non-hydrogen) atoms. The molecule has 1 N–H and O–H groups in total. The third-order valence-electron chi connectivity index (χ3n) is 6.02. The molecular formula is C25H30N2O7. The predicted molar refractivity (Wildman–Crippen MR) is 125 cm³/mol. The zero-order chi connectivity index (χ0) is 24.1. The summed E-state index contributed by atoms with van der Waals surface area (Å²) in [7, 11) is 4.69. The van der Waals surface area contributed by atoms with Crippen molar-refractivity contribution in [1.29, 1.82) is 0 Å². The molecule has 0 spiro atoms. The number of anilines is 1. The molecule has 0 aliphatic carbocycles. The van der Waals surface area contributed by atoms with E-state index in [9.17, 15) is 9.59 Å². The van der Waals surface area contributed by atoms with Crippen molar-refractivity contribution in [2.75, 3.05) is 52.9 Å². The Morgan fingerprint density at radius 2 is 1.82 bits per heavy atom. The molecule has 9 nitrogen and oxygen atoms in total. The summed E-state index contributed by atoms with van der Waals surface area (Å²) >= 11 is 0. The zero-order valence-electron chi connectivity index (χ0n) is 19.7. The smallest absolute Gasteiger partial charge is 0.244 e. The molecule has 4 rings (SSSR count). The minimum Gasteiger partial charge on any atom is -0.497 e. The summed E-state index contributed by atoms with van der Waals surface area (Å²) in [5.74, 6) is 2.03. The summed E-state index contributed by atoms with van der Waals surface area (Å²) in [6.45, 7) is 1.65. The number of nitrogens with one attached hydrogen (secondary N) is 1. The summed E-state index contributed by atoms with van der Waals surface area (Å²) in [5, 5.41) is 2.82. The van der Waals surface area contributed by atoms with E-state index in [1.54, 1.807) is 44.4 Å². The van der Waals surface area contributed by atoms with E-state index >= 15 is 0 Å². The monoisotopic (exact) mass is 470 g/mol. The van der Waals surface area contributed by atoms with Crippen LogP contribution in [0.1, 0.15) is 24.3 Å². The highest BCUT2D eigenvalue weighted by atomic mass is 16.6. The van der Waals surface area contributed by atoms with Crippen LogP contribution in [-0.2, 0) is 14.3 Å². The molecule has 2 heterocycles. The van der Waals surface area contributed by atoms with Crippen LogP contribution in [0.25, 0.3) is 0 Å². The van der Waals surface area contributed by atoms with Crippen molar-refractivity contribution in [3.05, 3.63) is 42.0 Å². The first-order valence-electron chi connectivity index (χ1n) is 11.2. The van der Waals surface area contributed by atoms with Crippen LogP contribution in [0.2, 0.25) is 0 Å². The fraction of sp³-hybridized carbons (Fsp3) is 0.440. The summed E-state index contributed by atoms with van der Waals surface area (Å²) in [6, 6.07) is 10.8. The summed E-state index contributed by atoms with van der Waals surface area (Å²) < 4.78 is 27.4. The summed E-state index contributed by atoms with van der Waals surface area (Å²) in [5.41, 5.74) is 1.51. The van der Waals surface area contributed by atoms with Crippen LogP contribution in [0.15, 0.2) is 36.4 Å². The van der Waals surface area contributed by atoms with Crippen LogP contribution in [-0.4, -0.2) is 70.5 Å². The SMILES string of the molecule is COc1cc(NC(=O)CN2C[C@H](c3ccc(OC)c(O[C@@H]4CCOC4)c3)CC2=O)cc(OC)c1. The fourth-order valence-corrected chi connectivity index (χ4v) is 4.23. The Morgan fingerprint density at radius 1 is 1.06 bits per heavy atom. The minimum absolute atomic E-state index is 0.00945. The highest BCUT2D eigenvalue weighted by molar-refractivity contribution is 5.95. The number of likely N-dealkylation sites (tertiary alicyclic amines) is 1. The molecule has 2 atom stereocenters. The van der Waals surface area contributed by atoms with Gasteiger partial charge in [0.05, 0.1) is 41.1 Å². The van der Waals surface area contributed by atoms with Gasteiger partial charge in [-0.15, -0.1) is 0 Å². The molecule has 0 saturated carbocycles. The van der Waals surface area contributed by atoms with Gasteiger partial charge >= 0.3 is 0 Å². The fourth-order valence-electron chi connectivity index (χ4n) is 4.23. The molecule has 0 bridgehead atoms. The van der Waals surface area contributed by atoms with Gasteiger partial charge in [-0.05, 0) is 17.7 Å². The van der Waals surface area contributed by atoms with Crippen LogP contribution in [0.4, 0.5) is 5.69 Å². The first-order chi connectivity index (χ1) is 16.5. The molecule has 182 valence electrons. The molecule has 2 aliphatic rings. The summed E-state index contributed by atoms with van der Waals surface area (Å²) in [4.78, 5) is 26.9. The molecule has 2 saturated heterocycles. The van der Waals surface area contributed by atoms with Crippen molar-refractivity contribution in [3.8, 4) is 23.0 Å². The predicted octanol–water partition coefficient (Wildman–Crippen LogP) is 2.83. The lowest BCUT2D eigenvalue weighted by Gasteiger charge is -2.19. The van der Waals surface area contributed by atoms with Gasteiger partial charge in [0.25, 0.3) is 0 Å². The number of hydrogen-bond donors (Lipinski definition) is 1. The molecule has 2 aromatic carbocycles. The Morgan fingerprint density at radius 3 is 2.47 bits per heavy atom. The van der Waals surface area contributed by atoms with Crippen LogP contribution < -0.4 is 24.3 Å². The average molecular weight is 471 g/mol. The highest BCUT2D eigenvalue weighted by Crippen LogP contribution is 2.36. The maximum absolute atomic E-state index is 12.7. The van der Waals surface area contributed by atoms with E-state index < -0.39 is 0 Å². The van der Waals surface area contributed by atoms with E-state index in [1.807, 2.05) is 18.2 Å². The Balaban J connectivity index is 1.40. The van der Waals surface area contributed by atoms with Crippen molar-refractivity contribution in [2.24, 2.45) is 0 Å². The molecule has 2 amide bonds. The van der Waals surface area contributed by atoms with Gasteiger partial charge in [-0.1, -0.05) is 6.07 Å². The van der Waals surface area contributed by atoms with Gasteiger partial charge in [-0.3, -0.25) is 9.59 Å². The average Bonchev–Trinajstić information content (AvgIpc) is 3.48. The molecule has 9 heteroatoms. The highest BCUT2D eigenvalue weighted by Gasteiger charge is 2.32.